The van der Waals surface area contributed by atoms with Crippen molar-refractivity contribution in [1.29, 1.82) is 0 Å². The van der Waals surface area contributed by atoms with Crippen LogP contribution >= 0.6 is 22.9 Å². The minimum atomic E-state index is -0.970. The number of fused-ring (bicyclic) bond motifs is 2. The van der Waals surface area contributed by atoms with E-state index in [1.807, 2.05) is 13.0 Å². The average molecular weight is 619 g/mol. The molecule has 1 saturated heterocycles. The van der Waals surface area contributed by atoms with E-state index in [1.165, 1.54) is 16.2 Å². The van der Waals surface area contributed by atoms with Gasteiger partial charge in [0.1, 0.15) is 17.6 Å². The normalized spacial score (nSPS) is 19.1. The molecule has 1 N–H and O–H groups in total. The molecule has 10 heteroatoms. The van der Waals surface area contributed by atoms with Crippen molar-refractivity contribution in [2.24, 2.45) is 0 Å². The van der Waals surface area contributed by atoms with E-state index in [1.54, 1.807) is 55.6 Å². The van der Waals surface area contributed by atoms with E-state index in [4.69, 9.17) is 25.8 Å². The smallest absolute Gasteiger partial charge is 0.301 e. The Labute approximate surface area is 258 Å². The van der Waals surface area contributed by atoms with Crippen molar-refractivity contribution in [3.05, 3.63) is 81.9 Å². The summed E-state index contributed by atoms with van der Waals surface area (Å²) in [7, 11) is 1.54. The standard InChI is InChI=1S/C33H31ClN2O6S/c1-4-5-6-13-41-25-12-7-19(16-26(25)40-3)29-28(30(37)20-8-11-24-21(15-20)14-18(2)42-24)31(38)32(39)36(29)33-35-23-10-9-22(34)17-27(23)43-33/h7-12,15-18,29,37H,4-6,13-14H2,1-3H3/b30-28+. The third-order valence-electron chi connectivity index (χ3n) is 7.67. The predicted molar refractivity (Wildman–Crippen MR) is 168 cm³/mol. The molecule has 1 amide bonds. The van der Waals surface area contributed by atoms with E-state index in [9.17, 15) is 14.7 Å². The molecule has 2 unspecified atom stereocenters. The van der Waals surface area contributed by atoms with Gasteiger partial charge < -0.3 is 19.3 Å². The maximum Gasteiger partial charge on any atom is 0.301 e. The quantitative estimate of drug-likeness (QED) is 0.0899. The second kappa shape index (κ2) is 11.9. The minimum absolute atomic E-state index is 0.0145. The van der Waals surface area contributed by atoms with Gasteiger partial charge >= 0.3 is 5.91 Å². The predicted octanol–water partition coefficient (Wildman–Crippen LogP) is 7.48. The zero-order chi connectivity index (χ0) is 30.2. The molecular weight excluding hydrogens is 588 g/mol. The number of hydrogen-bond donors (Lipinski definition) is 1. The summed E-state index contributed by atoms with van der Waals surface area (Å²) in [6.07, 6.45) is 3.73. The first kappa shape index (κ1) is 29.0. The second-order valence-electron chi connectivity index (χ2n) is 10.7. The summed E-state index contributed by atoms with van der Waals surface area (Å²) in [5.41, 5.74) is 2.53. The molecule has 3 heterocycles. The van der Waals surface area contributed by atoms with Crippen molar-refractivity contribution in [2.45, 2.75) is 51.7 Å². The number of ketones is 1. The van der Waals surface area contributed by atoms with Crippen LogP contribution in [0.5, 0.6) is 17.2 Å². The highest BCUT2D eigenvalue weighted by Crippen LogP contribution is 2.46. The van der Waals surface area contributed by atoms with Crippen LogP contribution in [0.1, 0.15) is 55.8 Å². The van der Waals surface area contributed by atoms with Gasteiger partial charge in [-0.2, -0.15) is 0 Å². The third-order valence-corrected chi connectivity index (χ3v) is 8.92. The Morgan fingerprint density at radius 1 is 1.12 bits per heavy atom. The van der Waals surface area contributed by atoms with Gasteiger partial charge in [0.15, 0.2) is 16.6 Å². The van der Waals surface area contributed by atoms with Crippen LogP contribution in [0.15, 0.2) is 60.2 Å². The number of aliphatic hydroxyl groups is 1. The summed E-state index contributed by atoms with van der Waals surface area (Å²) in [5.74, 6) is -0.0943. The minimum Gasteiger partial charge on any atom is -0.507 e. The second-order valence-corrected chi connectivity index (χ2v) is 12.1. The van der Waals surface area contributed by atoms with Crippen molar-refractivity contribution < 1.29 is 28.9 Å². The molecule has 2 aliphatic rings. The number of halogens is 1. The van der Waals surface area contributed by atoms with Gasteiger partial charge in [0.05, 0.1) is 35.5 Å². The number of methoxy groups -OCH3 is 1. The van der Waals surface area contributed by atoms with Crippen molar-refractivity contribution in [3.63, 3.8) is 0 Å². The zero-order valence-electron chi connectivity index (χ0n) is 24.1. The molecule has 4 aromatic rings. The van der Waals surface area contributed by atoms with Crippen LogP contribution in [0.4, 0.5) is 5.13 Å². The Balaban J connectivity index is 1.48. The maximum absolute atomic E-state index is 13.7. The summed E-state index contributed by atoms with van der Waals surface area (Å²) < 4.78 is 18.2. The Morgan fingerprint density at radius 2 is 1.95 bits per heavy atom. The molecule has 222 valence electrons. The van der Waals surface area contributed by atoms with Crippen LogP contribution in [0, 0.1) is 0 Å². The summed E-state index contributed by atoms with van der Waals surface area (Å²) in [6.45, 7) is 4.64. The average Bonchev–Trinajstić information content (AvgIpc) is 3.66. The highest BCUT2D eigenvalue weighted by molar-refractivity contribution is 7.22. The molecule has 8 nitrogen and oxygen atoms in total. The van der Waals surface area contributed by atoms with Gasteiger partial charge in [-0.25, -0.2) is 4.98 Å². The lowest BCUT2D eigenvalue weighted by Gasteiger charge is -2.24. The van der Waals surface area contributed by atoms with E-state index in [0.29, 0.717) is 51.3 Å². The fourth-order valence-electron chi connectivity index (χ4n) is 5.57. The third kappa shape index (κ3) is 5.43. The van der Waals surface area contributed by atoms with Crippen molar-refractivity contribution in [1.82, 2.24) is 4.98 Å². The number of thiazole rings is 1. The first-order valence-electron chi connectivity index (χ1n) is 14.3. The number of nitrogens with zero attached hydrogens (tertiary/aromatic N) is 2. The number of carbonyl (C=O) groups is 2. The highest BCUT2D eigenvalue weighted by Gasteiger charge is 2.48. The Hall–Kier alpha value is -4.08. The first-order chi connectivity index (χ1) is 20.8. The summed E-state index contributed by atoms with van der Waals surface area (Å²) in [6, 6.07) is 14.9. The fourth-order valence-corrected chi connectivity index (χ4v) is 6.84. The van der Waals surface area contributed by atoms with E-state index in [2.05, 4.69) is 11.9 Å². The summed E-state index contributed by atoms with van der Waals surface area (Å²) in [5, 5.41) is 12.5. The molecule has 1 fully saturated rings. The molecule has 43 heavy (non-hydrogen) atoms. The molecular formula is C33H31ClN2O6S. The van der Waals surface area contributed by atoms with Crippen LogP contribution in [-0.2, 0) is 16.0 Å². The molecule has 1 aromatic heterocycles. The lowest BCUT2D eigenvalue weighted by molar-refractivity contribution is -0.132. The first-order valence-corrected chi connectivity index (χ1v) is 15.5. The lowest BCUT2D eigenvalue weighted by Crippen LogP contribution is -2.29. The number of ether oxygens (including phenoxy) is 3. The monoisotopic (exact) mass is 618 g/mol. The van der Waals surface area contributed by atoms with Gasteiger partial charge in [0.25, 0.3) is 5.78 Å². The van der Waals surface area contributed by atoms with Gasteiger partial charge in [-0.3, -0.25) is 14.5 Å². The fraction of sp³-hybridized carbons (Fsp3) is 0.303. The molecule has 0 aliphatic carbocycles. The summed E-state index contributed by atoms with van der Waals surface area (Å²) >= 11 is 7.47. The van der Waals surface area contributed by atoms with E-state index < -0.39 is 17.7 Å². The Kier molecular flexibility index (Phi) is 8.03. The van der Waals surface area contributed by atoms with Crippen LogP contribution in [0.25, 0.3) is 16.0 Å². The molecule has 0 spiro atoms. The number of aromatic nitrogens is 1. The molecule has 0 radical (unpaired) electrons. The number of carbonyl (C=O) groups excluding carboxylic acids is 2. The van der Waals surface area contributed by atoms with Crippen molar-refractivity contribution in [3.8, 4) is 17.2 Å². The largest absolute Gasteiger partial charge is 0.507 e. The van der Waals surface area contributed by atoms with Crippen LogP contribution in [0.2, 0.25) is 5.02 Å². The number of benzene rings is 3. The van der Waals surface area contributed by atoms with Gasteiger partial charge in [-0.15, -0.1) is 0 Å². The summed E-state index contributed by atoms with van der Waals surface area (Å²) in [4.78, 5) is 33.5. The van der Waals surface area contributed by atoms with Gasteiger partial charge in [0, 0.05) is 17.0 Å². The molecule has 0 bridgehead atoms. The van der Waals surface area contributed by atoms with Crippen LogP contribution in [0.3, 0.4) is 0 Å². The topological polar surface area (TPSA) is 98.2 Å². The number of hydrogen-bond acceptors (Lipinski definition) is 8. The zero-order valence-corrected chi connectivity index (χ0v) is 25.6. The SMILES string of the molecule is CCCCCOc1ccc(C2/C(=C(\O)c3ccc4c(c3)CC(C)O4)C(=O)C(=O)N2c2nc3ccc(Cl)cc3s2)cc1OC. The number of unbranched alkanes of at least 4 members (excludes halogenated alkanes) is 2. The Bertz CT molecular complexity index is 1770. The number of amides is 1. The van der Waals surface area contributed by atoms with Gasteiger partial charge in [-0.1, -0.05) is 48.8 Å². The van der Waals surface area contributed by atoms with E-state index in [0.717, 1.165) is 35.3 Å². The van der Waals surface area contributed by atoms with Crippen molar-refractivity contribution >= 4 is 55.7 Å². The number of anilines is 1. The van der Waals surface area contributed by atoms with Crippen LogP contribution in [-0.4, -0.2) is 41.6 Å². The number of rotatable bonds is 9. The molecule has 6 rings (SSSR count). The van der Waals surface area contributed by atoms with Gasteiger partial charge in [-0.05, 0) is 73.0 Å². The van der Waals surface area contributed by atoms with Crippen molar-refractivity contribution in [2.75, 3.05) is 18.6 Å². The molecule has 2 atom stereocenters. The molecule has 3 aromatic carbocycles. The molecule has 2 aliphatic heterocycles. The number of Topliss-reactive ketones (excluding diaryl/α,β-unsaturated/α-hetero) is 1. The van der Waals surface area contributed by atoms with E-state index in [-0.39, 0.29) is 17.4 Å². The van der Waals surface area contributed by atoms with Gasteiger partial charge in [0.2, 0.25) is 0 Å². The van der Waals surface area contributed by atoms with E-state index >= 15 is 0 Å². The lowest BCUT2D eigenvalue weighted by atomic mass is 9.94. The molecule has 0 saturated carbocycles. The Morgan fingerprint density at radius 3 is 2.74 bits per heavy atom. The highest BCUT2D eigenvalue weighted by atomic mass is 35.5. The maximum atomic E-state index is 13.7. The number of aliphatic hydroxyl groups excluding tert-OH is 1. The van der Waals surface area contributed by atoms with Crippen LogP contribution < -0.4 is 19.1 Å².